The molecule has 0 aliphatic heterocycles. The van der Waals surface area contributed by atoms with Crippen LogP contribution in [-0.2, 0) is 0 Å². The molecule has 3 aromatic rings. The summed E-state index contributed by atoms with van der Waals surface area (Å²) in [5, 5.41) is 0.502. The van der Waals surface area contributed by atoms with Gasteiger partial charge in [0.05, 0.1) is 5.56 Å². The topological polar surface area (TPSA) is 64.7 Å². The number of thiazole rings is 1. The number of halogens is 1. The monoisotopic (exact) mass is 246 g/mol. The highest BCUT2D eigenvalue weighted by atomic mass is 32.1. The van der Waals surface area contributed by atoms with Crippen molar-refractivity contribution in [2.75, 3.05) is 5.73 Å². The first-order chi connectivity index (χ1) is 8.25. The average molecular weight is 246 g/mol. The fourth-order valence-electron chi connectivity index (χ4n) is 1.55. The van der Waals surface area contributed by atoms with Crippen LogP contribution in [0.5, 0.6) is 0 Å². The van der Waals surface area contributed by atoms with E-state index in [0.717, 1.165) is 0 Å². The molecule has 2 N–H and O–H groups in total. The molecule has 2 aromatic heterocycles. The quantitative estimate of drug-likeness (QED) is 0.670. The van der Waals surface area contributed by atoms with Gasteiger partial charge in [0.1, 0.15) is 10.8 Å². The van der Waals surface area contributed by atoms with Crippen LogP contribution < -0.4 is 5.73 Å². The van der Waals surface area contributed by atoms with Gasteiger partial charge in [0.25, 0.3) is 0 Å². The third-order valence-electron chi connectivity index (χ3n) is 2.31. The number of fused-ring (bicyclic) bond motifs is 1. The third kappa shape index (κ3) is 1.62. The van der Waals surface area contributed by atoms with E-state index in [1.165, 1.54) is 17.4 Å². The Hall–Kier alpha value is -2.08. The third-order valence-corrected chi connectivity index (χ3v) is 3.28. The number of hydrogen-bond donors (Lipinski definition) is 1. The van der Waals surface area contributed by atoms with Crippen molar-refractivity contribution < 1.29 is 4.39 Å². The summed E-state index contributed by atoms with van der Waals surface area (Å²) < 4.78 is 13.7. The Bertz CT molecular complexity index is 642. The molecular weight excluding hydrogens is 239 g/mol. The van der Waals surface area contributed by atoms with Crippen molar-refractivity contribution in [1.29, 1.82) is 0 Å². The zero-order valence-corrected chi connectivity index (χ0v) is 9.41. The van der Waals surface area contributed by atoms with Gasteiger partial charge in [-0.05, 0) is 12.1 Å². The molecule has 0 saturated heterocycles. The number of aromatic nitrogens is 3. The summed E-state index contributed by atoms with van der Waals surface area (Å²) in [6, 6.07) is 4.57. The Morgan fingerprint density at radius 3 is 2.76 bits per heavy atom. The van der Waals surface area contributed by atoms with Gasteiger partial charge in [-0.3, -0.25) is 0 Å². The number of nitrogens with two attached hydrogens (primary N) is 1. The lowest BCUT2D eigenvalue weighted by Crippen LogP contribution is -1.92. The largest absolute Gasteiger partial charge is 0.398 e. The Morgan fingerprint density at radius 2 is 2.00 bits per heavy atom. The van der Waals surface area contributed by atoms with Crippen LogP contribution in [0.2, 0.25) is 0 Å². The molecule has 0 saturated carbocycles. The predicted molar refractivity (Wildman–Crippen MR) is 65.0 cm³/mol. The van der Waals surface area contributed by atoms with Crippen LogP contribution >= 0.6 is 11.3 Å². The molecule has 0 aliphatic carbocycles. The molecule has 0 unspecified atom stereocenters. The average Bonchev–Trinajstić information content (AvgIpc) is 2.71. The van der Waals surface area contributed by atoms with E-state index in [1.54, 1.807) is 24.5 Å². The highest BCUT2D eigenvalue weighted by Crippen LogP contribution is 2.33. The highest BCUT2D eigenvalue weighted by molar-refractivity contribution is 7.21. The molecular formula is C11H7FN4S. The molecule has 6 heteroatoms. The lowest BCUT2D eigenvalue weighted by atomic mass is 10.2. The number of rotatable bonds is 1. The summed E-state index contributed by atoms with van der Waals surface area (Å²) in [6.45, 7) is 0. The number of nitrogens with zero attached hydrogens (tertiary/aromatic N) is 3. The van der Waals surface area contributed by atoms with Gasteiger partial charge < -0.3 is 5.73 Å². The number of nitrogen functional groups attached to an aromatic ring is 1. The van der Waals surface area contributed by atoms with Crippen molar-refractivity contribution in [2.24, 2.45) is 0 Å². The normalized spacial score (nSPS) is 10.9. The van der Waals surface area contributed by atoms with Gasteiger partial charge >= 0.3 is 0 Å². The van der Waals surface area contributed by atoms with Crippen molar-refractivity contribution in [3.8, 4) is 10.6 Å². The van der Waals surface area contributed by atoms with E-state index in [4.69, 9.17) is 5.73 Å². The maximum Gasteiger partial charge on any atom is 0.190 e. The second-order valence-electron chi connectivity index (χ2n) is 3.41. The van der Waals surface area contributed by atoms with Crippen molar-refractivity contribution in [1.82, 2.24) is 15.0 Å². The number of anilines is 1. The van der Waals surface area contributed by atoms with Gasteiger partial charge in [-0.2, -0.15) is 0 Å². The minimum absolute atomic E-state index is 0.317. The maximum absolute atomic E-state index is 13.7. The van der Waals surface area contributed by atoms with Crippen molar-refractivity contribution in [3.05, 3.63) is 36.4 Å². The maximum atomic E-state index is 13.7. The molecule has 0 aliphatic rings. The lowest BCUT2D eigenvalue weighted by molar-refractivity contribution is 0.632. The number of hydrogen-bond acceptors (Lipinski definition) is 5. The molecule has 17 heavy (non-hydrogen) atoms. The van der Waals surface area contributed by atoms with E-state index in [0.29, 0.717) is 26.7 Å². The van der Waals surface area contributed by atoms with Gasteiger partial charge in [0.2, 0.25) is 0 Å². The molecule has 0 fully saturated rings. The van der Waals surface area contributed by atoms with E-state index in [9.17, 15) is 4.39 Å². The predicted octanol–water partition coefficient (Wildman–Crippen LogP) is 2.47. The van der Waals surface area contributed by atoms with E-state index in [-0.39, 0.29) is 5.82 Å². The van der Waals surface area contributed by atoms with E-state index in [2.05, 4.69) is 15.0 Å². The molecule has 84 valence electrons. The minimum Gasteiger partial charge on any atom is -0.398 e. The Labute approximate surface area is 100.0 Å². The number of benzene rings is 1. The van der Waals surface area contributed by atoms with Gasteiger partial charge in [0.15, 0.2) is 10.5 Å². The van der Waals surface area contributed by atoms with E-state index >= 15 is 0 Å². The van der Waals surface area contributed by atoms with Crippen LogP contribution in [0.15, 0.2) is 30.6 Å². The molecule has 0 atom stereocenters. The summed E-state index contributed by atoms with van der Waals surface area (Å²) in [6.07, 6.45) is 3.13. The molecule has 0 bridgehead atoms. The van der Waals surface area contributed by atoms with Gasteiger partial charge in [-0.25, -0.2) is 19.3 Å². The van der Waals surface area contributed by atoms with Crippen LogP contribution in [0.3, 0.4) is 0 Å². The van der Waals surface area contributed by atoms with Crippen LogP contribution in [0.25, 0.3) is 21.0 Å². The van der Waals surface area contributed by atoms with Gasteiger partial charge in [-0.1, -0.05) is 17.4 Å². The molecule has 4 nitrogen and oxygen atoms in total. The molecule has 0 amide bonds. The van der Waals surface area contributed by atoms with Crippen molar-refractivity contribution in [2.45, 2.75) is 0 Å². The Morgan fingerprint density at radius 1 is 1.18 bits per heavy atom. The van der Waals surface area contributed by atoms with Crippen LogP contribution in [0, 0.1) is 5.82 Å². The Balaban J connectivity index is 2.27. The molecule has 2 heterocycles. The summed E-state index contributed by atoms with van der Waals surface area (Å²) >= 11 is 1.27. The second kappa shape index (κ2) is 3.74. The van der Waals surface area contributed by atoms with Crippen molar-refractivity contribution >= 4 is 27.5 Å². The van der Waals surface area contributed by atoms with Crippen LogP contribution in [0.1, 0.15) is 0 Å². The van der Waals surface area contributed by atoms with E-state index < -0.39 is 0 Å². The summed E-state index contributed by atoms with van der Waals surface area (Å²) in [7, 11) is 0. The minimum atomic E-state index is -0.385. The Kier molecular flexibility index (Phi) is 2.22. The molecule has 0 spiro atoms. The van der Waals surface area contributed by atoms with Crippen molar-refractivity contribution in [3.63, 3.8) is 0 Å². The first kappa shape index (κ1) is 10.1. The SMILES string of the molecule is Nc1cccc(F)c1-c1nc2nccnc2s1. The summed E-state index contributed by atoms with van der Waals surface area (Å²) in [5.41, 5.74) is 6.95. The first-order valence-corrected chi connectivity index (χ1v) is 5.69. The first-order valence-electron chi connectivity index (χ1n) is 4.87. The summed E-state index contributed by atoms with van der Waals surface area (Å²) in [5.74, 6) is -0.385. The van der Waals surface area contributed by atoms with E-state index in [1.807, 2.05) is 0 Å². The zero-order valence-electron chi connectivity index (χ0n) is 8.59. The summed E-state index contributed by atoms with van der Waals surface area (Å²) in [4.78, 5) is 13.1. The zero-order chi connectivity index (χ0) is 11.8. The standard InChI is InChI=1S/C11H7FN4S/c12-6-2-1-3-7(13)8(6)10-16-9-11(17-10)15-5-4-14-9/h1-5H,13H2. The van der Waals surface area contributed by atoms with Crippen LogP contribution in [-0.4, -0.2) is 15.0 Å². The van der Waals surface area contributed by atoms with Gasteiger partial charge in [0, 0.05) is 18.1 Å². The van der Waals surface area contributed by atoms with Gasteiger partial charge in [-0.15, -0.1) is 0 Å². The molecule has 1 aromatic carbocycles. The molecule has 0 radical (unpaired) electrons. The fraction of sp³-hybridized carbons (Fsp3) is 0. The second-order valence-corrected chi connectivity index (χ2v) is 4.39. The van der Waals surface area contributed by atoms with Crippen LogP contribution in [0.4, 0.5) is 10.1 Å². The molecule has 3 rings (SSSR count). The highest BCUT2D eigenvalue weighted by Gasteiger charge is 2.14. The fourth-order valence-corrected chi connectivity index (χ4v) is 2.49. The smallest absolute Gasteiger partial charge is 0.190 e. The lowest BCUT2D eigenvalue weighted by Gasteiger charge is -2.02.